The highest BCUT2D eigenvalue weighted by Gasteiger charge is 2.31. The van der Waals surface area contributed by atoms with Crippen molar-refractivity contribution < 1.29 is 24.3 Å². The molecule has 11 heteroatoms. The normalized spacial score (nSPS) is 15.0. The molecule has 0 aliphatic rings. The first-order valence-electron chi connectivity index (χ1n) is 10.8. The summed E-state index contributed by atoms with van der Waals surface area (Å²) in [6.45, 7) is 9.01. The number of carbonyl (C=O) groups excluding carboxylic acids is 3. The van der Waals surface area contributed by atoms with Crippen molar-refractivity contribution in [1.29, 1.82) is 0 Å². The van der Waals surface area contributed by atoms with Gasteiger partial charge >= 0.3 is 5.97 Å². The highest BCUT2D eigenvalue weighted by molar-refractivity contribution is 5.94. The summed E-state index contributed by atoms with van der Waals surface area (Å²) >= 11 is 0. The molecule has 1 aromatic rings. The zero-order valence-corrected chi connectivity index (χ0v) is 19.3. The second-order valence-electron chi connectivity index (χ2n) is 8.85. The first kappa shape index (κ1) is 27.1. The van der Waals surface area contributed by atoms with Gasteiger partial charge in [0.2, 0.25) is 17.7 Å². The Balaban J connectivity index is 3.04. The van der Waals surface area contributed by atoms with E-state index in [-0.39, 0.29) is 24.7 Å². The van der Waals surface area contributed by atoms with E-state index >= 15 is 0 Å². The molecule has 1 aromatic heterocycles. The minimum absolute atomic E-state index is 0.0425. The van der Waals surface area contributed by atoms with Crippen LogP contribution < -0.4 is 21.7 Å². The lowest BCUT2D eigenvalue weighted by Crippen LogP contribution is -2.57. The van der Waals surface area contributed by atoms with Gasteiger partial charge in [0.1, 0.15) is 18.1 Å². The highest BCUT2D eigenvalue weighted by Crippen LogP contribution is 2.09. The number of nitrogens with two attached hydrogens (primary N) is 1. The summed E-state index contributed by atoms with van der Waals surface area (Å²) < 4.78 is 0. The number of imidazole rings is 1. The molecule has 180 valence electrons. The number of aromatic nitrogens is 2. The maximum Gasteiger partial charge on any atom is 0.326 e. The van der Waals surface area contributed by atoms with E-state index in [4.69, 9.17) is 5.73 Å². The van der Waals surface area contributed by atoms with Gasteiger partial charge in [0.05, 0.1) is 12.4 Å². The van der Waals surface area contributed by atoms with Crippen LogP contribution in [0.1, 0.15) is 53.2 Å². The summed E-state index contributed by atoms with van der Waals surface area (Å²) in [6.07, 6.45) is 3.61. The zero-order chi connectivity index (χ0) is 24.4. The van der Waals surface area contributed by atoms with E-state index in [2.05, 4.69) is 25.9 Å². The van der Waals surface area contributed by atoms with E-state index in [0.717, 1.165) is 0 Å². The van der Waals surface area contributed by atoms with Crippen molar-refractivity contribution in [3.63, 3.8) is 0 Å². The van der Waals surface area contributed by atoms with Crippen LogP contribution in [0.3, 0.4) is 0 Å². The molecular formula is C21H36N6O5. The number of H-pyrrole nitrogens is 1. The van der Waals surface area contributed by atoms with E-state index in [9.17, 15) is 24.3 Å². The number of aliphatic carboxylic acids is 1. The molecule has 32 heavy (non-hydrogen) atoms. The van der Waals surface area contributed by atoms with Crippen LogP contribution in [0.4, 0.5) is 0 Å². The van der Waals surface area contributed by atoms with Gasteiger partial charge < -0.3 is 31.8 Å². The molecule has 4 atom stereocenters. The van der Waals surface area contributed by atoms with Crippen LogP contribution in [0.2, 0.25) is 0 Å². The van der Waals surface area contributed by atoms with Gasteiger partial charge in [-0.15, -0.1) is 0 Å². The van der Waals surface area contributed by atoms with Crippen LogP contribution in [0.5, 0.6) is 0 Å². The van der Waals surface area contributed by atoms with Gasteiger partial charge in [0, 0.05) is 18.3 Å². The minimum atomic E-state index is -1.15. The van der Waals surface area contributed by atoms with Crippen molar-refractivity contribution in [2.24, 2.45) is 17.6 Å². The van der Waals surface area contributed by atoms with Crippen molar-refractivity contribution in [1.82, 2.24) is 25.9 Å². The fourth-order valence-corrected chi connectivity index (χ4v) is 3.07. The number of carboxylic acid groups (broad SMARTS) is 1. The molecule has 4 unspecified atom stereocenters. The number of rotatable bonds is 13. The second kappa shape index (κ2) is 12.8. The van der Waals surface area contributed by atoms with Gasteiger partial charge in [-0.3, -0.25) is 14.4 Å². The van der Waals surface area contributed by atoms with Crippen LogP contribution in [-0.4, -0.2) is 62.9 Å². The molecule has 0 fully saturated rings. The van der Waals surface area contributed by atoms with Crippen LogP contribution in [0.15, 0.2) is 12.5 Å². The maximum atomic E-state index is 13.0. The number of carboxylic acids is 1. The van der Waals surface area contributed by atoms with Crippen molar-refractivity contribution in [2.45, 2.75) is 78.0 Å². The van der Waals surface area contributed by atoms with E-state index in [0.29, 0.717) is 12.1 Å². The Bertz CT molecular complexity index is 763. The molecule has 0 aromatic carbocycles. The van der Waals surface area contributed by atoms with Gasteiger partial charge in [0.25, 0.3) is 0 Å². The predicted octanol–water partition coefficient (Wildman–Crippen LogP) is -0.0694. The Kier molecular flexibility index (Phi) is 10.8. The average Bonchev–Trinajstić information content (AvgIpc) is 3.18. The number of hydrogen-bond donors (Lipinski definition) is 6. The SMILES string of the molecule is CC(C)CC(NC(=O)C(Cc1cnc[nH]1)NC(=O)C(CC(C)C)NC(=O)C(C)N)C(=O)O. The molecule has 7 N–H and O–H groups in total. The molecule has 0 bridgehead atoms. The Morgan fingerprint density at radius 1 is 0.906 bits per heavy atom. The first-order valence-corrected chi connectivity index (χ1v) is 10.8. The number of amides is 3. The lowest BCUT2D eigenvalue weighted by Gasteiger charge is -2.26. The van der Waals surface area contributed by atoms with Crippen molar-refractivity contribution >= 4 is 23.7 Å². The highest BCUT2D eigenvalue weighted by atomic mass is 16.4. The van der Waals surface area contributed by atoms with Crippen molar-refractivity contribution in [3.05, 3.63) is 18.2 Å². The van der Waals surface area contributed by atoms with Crippen LogP contribution in [0.25, 0.3) is 0 Å². The molecule has 1 rings (SSSR count). The molecule has 1 heterocycles. The number of hydrogen-bond acceptors (Lipinski definition) is 6. The maximum absolute atomic E-state index is 13.0. The first-order chi connectivity index (χ1) is 14.9. The fourth-order valence-electron chi connectivity index (χ4n) is 3.07. The largest absolute Gasteiger partial charge is 0.480 e. The van der Waals surface area contributed by atoms with Gasteiger partial charge in [-0.2, -0.15) is 0 Å². The van der Waals surface area contributed by atoms with Crippen LogP contribution >= 0.6 is 0 Å². The molecular weight excluding hydrogens is 416 g/mol. The standard InChI is InChI=1S/C21H36N6O5/c1-11(2)6-15(25-18(28)13(5)22)19(29)26-16(8-14-9-23-10-24-14)20(30)27-17(21(31)32)7-12(3)4/h9-13,15-17H,6-8,22H2,1-5H3,(H,23,24)(H,25,28)(H,26,29)(H,27,30)(H,31,32). The Morgan fingerprint density at radius 2 is 1.41 bits per heavy atom. The monoisotopic (exact) mass is 452 g/mol. The summed E-state index contributed by atoms with van der Waals surface area (Å²) in [6, 6.07) is -3.85. The summed E-state index contributed by atoms with van der Waals surface area (Å²) in [5.41, 5.74) is 6.19. The Labute approximate surface area is 188 Å². The molecule has 0 saturated carbocycles. The molecule has 0 saturated heterocycles. The molecule has 0 aliphatic carbocycles. The van der Waals surface area contributed by atoms with Crippen molar-refractivity contribution in [3.8, 4) is 0 Å². The minimum Gasteiger partial charge on any atom is -0.480 e. The summed E-state index contributed by atoms with van der Waals surface area (Å²) in [5.74, 6) is -2.70. The summed E-state index contributed by atoms with van der Waals surface area (Å²) in [5, 5.41) is 17.2. The number of nitrogens with one attached hydrogen (secondary N) is 4. The molecule has 0 aliphatic heterocycles. The van der Waals surface area contributed by atoms with Crippen LogP contribution in [0, 0.1) is 11.8 Å². The number of carbonyl (C=O) groups is 4. The topological polar surface area (TPSA) is 179 Å². The summed E-state index contributed by atoms with van der Waals surface area (Å²) in [4.78, 5) is 56.3. The smallest absolute Gasteiger partial charge is 0.326 e. The zero-order valence-electron chi connectivity index (χ0n) is 19.3. The van der Waals surface area contributed by atoms with E-state index in [1.807, 2.05) is 27.7 Å². The Hall–Kier alpha value is -2.95. The van der Waals surface area contributed by atoms with Gasteiger partial charge in [-0.1, -0.05) is 27.7 Å². The van der Waals surface area contributed by atoms with E-state index in [1.165, 1.54) is 19.4 Å². The van der Waals surface area contributed by atoms with E-state index < -0.39 is 47.9 Å². The predicted molar refractivity (Wildman–Crippen MR) is 118 cm³/mol. The molecule has 0 radical (unpaired) electrons. The fraction of sp³-hybridized carbons (Fsp3) is 0.667. The van der Waals surface area contributed by atoms with Crippen molar-refractivity contribution in [2.75, 3.05) is 0 Å². The molecule has 0 spiro atoms. The number of nitrogens with zero attached hydrogens (tertiary/aromatic N) is 1. The average molecular weight is 453 g/mol. The van der Waals surface area contributed by atoms with E-state index in [1.54, 1.807) is 0 Å². The quantitative estimate of drug-likeness (QED) is 0.242. The third-order valence-corrected chi connectivity index (χ3v) is 4.69. The van der Waals surface area contributed by atoms with Gasteiger partial charge in [-0.25, -0.2) is 9.78 Å². The lowest BCUT2D eigenvalue weighted by molar-refractivity contribution is -0.142. The lowest BCUT2D eigenvalue weighted by atomic mass is 10.0. The third-order valence-electron chi connectivity index (χ3n) is 4.69. The third kappa shape index (κ3) is 9.46. The molecule has 3 amide bonds. The summed E-state index contributed by atoms with van der Waals surface area (Å²) in [7, 11) is 0. The van der Waals surface area contributed by atoms with Gasteiger partial charge in [0.15, 0.2) is 0 Å². The number of aromatic amines is 1. The van der Waals surface area contributed by atoms with Gasteiger partial charge in [-0.05, 0) is 31.6 Å². The Morgan fingerprint density at radius 3 is 1.88 bits per heavy atom. The molecule has 11 nitrogen and oxygen atoms in total. The van der Waals surface area contributed by atoms with Crippen LogP contribution in [-0.2, 0) is 25.6 Å². The second-order valence-corrected chi connectivity index (χ2v) is 8.85.